The van der Waals surface area contributed by atoms with Crippen LogP contribution in [0, 0.1) is 0 Å². The van der Waals surface area contributed by atoms with Gasteiger partial charge in [0.15, 0.2) is 0 Å². The number of nitrogens with zero attached hydrogens (tertiary/aromatic N) is 6. The summed E-state index contributed by atoms with van der Waals surface area (Å²) in [6.07, 6.45) is 5.21. The van der Waals surface area contributed by atoms with Crippen molar-refractivity contribution in [2.45, 2.75) is 42.8 Å². The van der Waals surface area contributed by atoms with Gasteiger partial charge in [-0.05, 0) is 52.1 Å². The molecule has 0 unspecified atom stereocenters. The molecule has 176 valence electrons. The number of likely N-dealkylation sites (N-methyl/N-ethyl adjacent to an activating group) is 1. The molecule has 1 aromatic carbocycles. The second-order valence-corrected chi connectivity index (χ2v) is 11.4. The van der Waals surface area contributed by atoms with Gasteiger partial charge in [-0.2, -0.15) is 5.10 Å². The maximum Gasteiger partial charge on any atom is 0.263 e. The van der Waals surface area contributed by atoms with E-state index in [1.165, 1.54) is 6.07 Å². The van der Waals surface area contributed by atoms with Crippen LogP contribution in [0.3, 0.4) is 0 Å². The number of sulfonamides is 1. The van der Waals surface area contributed by atoms with Gasteiger partial charge < -0.3 is 9.80 Å². The molecule has 5 rings (SSSR count). The largest absolute Gasteiger partial charge is 0.307 e. The predicted octanol–water partition coefficient (Wildman–Crippen LogP) is 1.01. The fourth-order valence-electron chi connectivity index (χ4n) is 4.44. The first-order valence-corrected chi connectivity index (χ1v) is 12.5. The highest BCUT2D eigenvalue weighted by molar-refractivity contribution is 7.89. The average molecular weight is 472 g/mol. The lowest BCUT2D eigenvalue weighted by atomic mass is 10.1. The molecule has 0 spiro atoms. The van der Waals surface area contributed by atoms with Gasteiger partial charge in [0, 0.05) is 30.9 Å². The van der Waals surface area contributed by atoms with Gasteiger partial charge >= 0.3 is 0 Å². The van der Waals surface area contributed by atoms with Gasteiger partial charge in [-0.3, -0.25) is 19.4 Å². The lowest BCUT2D eigenvalue weighted by Crippen LogP contribution is -2.54. The molecule has 10 nitrogen and oxygen atoms in total. The summed E-state index contributed by atoms with van der Waals surface area (Å²) in [6.45, 7) is 3.51. The number of aromatic nitrogens is 2. The van der Waals surface area contributed by atoms with E-state index in [4.69, 9.17) is 4.99 Å². The fraction of sp³-hybridized carbons (Fsp3) is 0.500. The van der Waals surface area contributed by atoms with Crippen molar-refractivity contribution in [3.63, 3.8) is 0 Å². The first-order chi connectivity index (χ1) is 15.6. The molecule has 0 bridgehead atoms. The van der Waals surface area contributed by atoms with Crippen molar-refractivity contribution in [1.82, 2.24) is 24.3 Å². The summed E-state index contributed by atoms with van der Waals surface area (Å²) < 4.78 is 30.5. The zero-order valence-corrected chi connectivity index (χ0v) is 20.1. The molecule has 1 amide bonds. The molecule has 1 atom stereocenters. The van der Waals surface area contributed by atoms with E-state index in [2.05, 4.69) is 19.6 Å². The number of aliphatic imine (C=N–C) groups is 1. The summed E-state index contributed by atoms with van der Waals surface area (Å²) in [5.41, 5.74) is 1.55. The van der Waals surface area contributed by atoms with Gasteiger partial charge in [-0.1, -0.05) is 0 Å². The maximum absolute atomic E-state index is 13.6. The molecule has 3 heterocycles. The minimum Gasteiger partial charge on any atom is -0.307 e. The van der Waals surface area contributed by atoms with Gasteiger partial charge in [0.2, 0.25) is 16.0 Å². The molecule has 3 aliphatic rings. The normalized spacial score (nSPS) is 21.3. The van der Waals surface area contributed by atoms with E-state index in [1.54, 1.807) is 27.9 Å². The number of nitrogens with one attached hydrogen (secondary N) is 1. The number of rotatable bonds is 7. The van der Waals surface area contributed by atoms with Crippen molar-refractivity contribution < 1.29 is 13.2 Å². The summed E-state index contributed by atoms with van der Waals surface area (Å²) in [6, 6.07) is 4.87. The summed E-state index contributed by atoms with van der Waals surface area (Å²) in [5, 5.41) is 4.21. The summed E-state index contributed by atoms with van der Waals surface area (Å²) >= 11 is 0. The van der Waals surface area contributed by atoms with Crippen LogP contribution in [0.1, 0.15) is 35.7 Å². The van der Waals surface area contributed by atoms with Gasteiger partial charge in [-0.25, -0.2) is 13.1 Å². The maximum atomic E-state index is 13.6. The van der Waals surface area contributed by atoms with Crippen LogP contribution in [0.15, 0.2) is 40.5 Å². The number of guanidine groups is 1. The highest BCUT2D eigenvalue weighted by Crippen LogP contribution is 2.38. The third-order valence-corrected chi connectivity index (χ3v) is 7.97. The van der Waals surface area contributed by atoms with Crippen LogP contribution in [0.4, 0.5) is 5.69 Å². The molecule has 0 radical (unpaired) electrons. The number of aryl methyl sites for hydroxylation is 1. The number of anilines is 1. The Morgan fingerprint density at radius 1 is 1.27 bits per heavy atom. The first kappa shape index (κ1) is 22.1. The highest BCUT2D eigenvalue weighted by Gasteiger charge is 2.44. The fourth-order valence-corrected chi connectivity index (χ4v) is 5.93. The number of hydrogen-bond acceptors (Lipinski definition) is 7. The molecule has 1 saturated carbocycles. The molecule has 2 aromatic rings. The summed E-state index contributed by atoms with van der Waals surface area (Å²) in [7, 11) is 2.10. The SMILES string of the molecule is CN(C)C[C@@H]1CN=C2N(Cc3cnn(C)c3)C(=O)c3cc(S(=O)(=O)NC4(C)CC4)ccc3N21. The third-order valence-electron chi connectivity index (χ3n) is 6.33. The van der Waals surface area contributed by atoms with Gasteiger partial charge in [0.05, 0.1) is 41.5 Å². The smallest absolute Gasteiger partial charge is 0.263 e. The van der Waals surface area contributed by atoms with E-state index in [0.29, 0.717) is 30.3 Å². The molecule has 2 aliphatic heterocycles. The number of carbonyl (C=O) groups excluding carboxylic acids is 1. The van der Waals surface area contributed by atoms with E-state index in [9.17, 15) is 13.2 Å². The van der Waals surface area contributed by atoms with E-state index in [-0.39, 0.29) is 16.8 Å². The minimum absolute atomic E-state index is 0.0456. The average Bonchev–Trinajstić information content (AvgIpc) is 3.11. The Balaban J connectivity index is 1.56. The van der Waals surface area contributed by atoms with E-state index in [1.807, 2.05) is 34.3 Å². The molecular weight excluding hydrogens is 442 g/mol. The topological polar surface area (TPSA) is 103 Å². The molecule has 0 saturated heterocycles. The van der Waals surface area contributed by atoms with Crippen LogP contribution >= 0.6 is 0 Å². The zero-order chi connectivity index (χ0) is 23.5. The standard InChI is InChI=1S/C22H29N7O3S/c1-22(7-8-22)25-33(31,32)17-5-6-19-18(9-17)20(30)28(13-15-10-24-27(4)12-15)21-23-11-16(29(19)21)14-26(2)3/h5-6,9-10,12,16,25H,7-8,11,13-14H2,1-4H3/t16-/m0/s1. The Bertz CT molecular complexity index is 1250. The lowest BCUT2D eigenvalue weighted by molar-refractivity contribution is 0.0832. The summed E-state index contributed by atoms with van der Waals surface area (Å²) in [4.78, 5) is 24.2. The number of benzene rings is 1. The monoisotopic (exact) mass is 471 g/mol. The predicted molar refractivity (Wildman–Crippen MR) is 125 cm³/mol. The lowest BCUT2D eigenvalue weighted by Gasteiger charge is -2.39. The van der Waals surface area contributed by atoms with Crippen molar-refractivity contribution in [3.05, 3.63) is 41.7 Å². The molecule has 11 heteroatoms. The number of carbonyl (C=O) groups is 1. The second kappa shape index (κ2) is 7.64. The van der Waals surface area contributed by atoms with Crippen molar-refractivity contribution >= 4 is 27.6 Å². The Hall–Kier alpha value is -2.76. The van der Waals surface area contributed by atoms with Gasteiger partial charge in [-0.15, -0.1) is 0 Å². The Labute approximate surface area is 193 Å². The molecule has 1 aliphatic carbocycles. The molecule has 1 aromatic heterocycles. The van der Waals surface area contributed by atoms with Crippen LogP contribution in [0.2, 0.25) is 0 Å². The van der Waals surface area contributed by atoms with Crippen molar-refractivity contribution in [2.75, 3.05) is 32.1 Å². The minimum atomic E-state index is -3.73. The quantitative estimate of drug-likeness (QED) is 0.647. The molecule has 1 fully saturated rings. The van der Waals surface area contributed by atoms with Crippen molar-refractivity contribution in [2.24, 2.45) is 12.0 Å². The highest BCUT2D eigenvalue weighted by atomic mass is 32.2. The van der Waals surface area contributed by atoms with E-state index in [0.717, 1.165) is 24.9 Å². The Morgan fingerprint density at radius 3 is 2.67 bits per heavy atom. The first-order valence-electron chi connectivity index (χ1n) is 11.0. The molecular formula is C22H29N7O3S. The van der Waals surface area contributed by atoms with Crippen molar-refractivity contribution in [1.29, 1.82) is 0 Å². The van der Waals surface area contributed by atoms with E-state index >= 15 is 0 Å². The van der Waals surface area contributed by atoms with E-state index < -0.39 is 15.6 Å². The zero-order valence-electron chi connectivity index (χ0n) is 19.3. The van der Waals surface area contributed by atoms with Crippen LogP contribution < -0.4 is 9.62 Å². The van der Waals surface area contributed by atoms with Gasteiger partial charge in [0.25, 0.3) is 5.91 Å². The third kappa shape index (κ3) is 4.04. The van der Waals surface area contributed by atoms with Gasteiger partial charge in [0.1, 0.15) is 0 Å². The number of amides is 1. The van der Waals surface area contributed by atoms with Crippen LogP contribution in [-0.2, 0) is 23.6 Å². The number of fused-ring (bicyclic) bond motifs is 3. The molecule has 33 heavy (non-hydrogen) atoms. The van der Waals surface area contributed by atoms with Crippen LogP contribution in [0.5, 0.6) is 0 Å². The summed E-state index contributed by atoms with van der Waals surface area (Å²) in [5.74, 6) is 0.339. The Morgan fingerprint density at radius 2 is 2.03 bits per heavy atom. The van der Waals surface area contributed by atoms with Crippen LogP contribution in [-0.4, -0.2) is 78.6 Å². The number of hydrogen-bond donors (Lipinski definition) is 1. The molecule has 1 N–H and O–H groups in total. The van der Waals surface area contributed by atoms with Crippen molar-refractivity contribution in [3.8, 4) is 0 Å². The second-order valence-electron chi connectivity index (χ2n) is 9.69. The van der Waals surface area contributed by atoms with Crippen LogP contribution in [0.25, 0.3) is 0 Å². The Kier molecular flexibility index (Phi) is 5.11.